The number of thioether (sulfide) groups is 1. The number of amides is 2. The maximum absolute atomic E-state index is 13.0. The van der Waals surface area contributed by atoms with Crippen molar-refractivity contribution in [2.24, 2.45) is 5.16 Å². The van der Waals surface area contributed by atoms with Crippen LogP contribution in [0.2, 0.25) is 0 Å². The van der Waals surface area contributed by atoms with Crippen molar-refractivity contribution in [1.29, 1.82) is 0 Å². The van der Waals surface area contributed by atoms with E-state index in [1.807, 2.05) is 10.6 Å². The molecule has 3 N–H and O–H groups in total. The number of carboxylic acid groups (broad SMARTS) is 1. The van der Waals surface area contributed by atoms with Gasteiger partial charge in [0, 0.05) is 28.9 Å². The molecule has 2 aliphatic rings. The number of carboxylic acids is 1. The van der Waals surface area contributed by atoms with Gasteiger partial charge in [-0.3, -0.25) is 14.5 Å². The number of nitrogen functional groups attached to an aromatic ring is 1. The smallest absolute Gasteiger partial charge is 0.307 e. The normalized spacial score (nSPS) is 19.4. The lowest BCUT2D eigenvalue weighted by atomic mass is 10.0. The Hall–Kier alpha value is -3.76. The fourth-order valence-corrected chi connectivity index (χ4v) is 5.66. The molecule has 0 aromatic carbocycles. The van der Waals surface area contributed by atoms with Crippen LogP contribution in [0.15, 0.2) is 47.1 Å². The number of hydrogen-bond donors (Lipinski definition) is 2. The number of fused-ring (bicyclic) bond motifs is 2. The lowest BCUT2D eigenvalue weighted by Crippen LogP contribution is -2.71. The molecular weight excluding hydrogens is 534 g/mol. The molecule has 2 amide bonds. The van der Waals surface area contributed by atoms with E-state index in [1.165, 1.54) is 18.9 Å². The van der Waals surface area contributed by atoms with E-state index in [9.17, 15) is 19.5 Å². The molecule has 1 saturated heterocycles. The molecule has 0 saturated carbocycles. The van der Waals surface area contributed by atoms with Crippen LogP contribution in [0.5, 0.6) is 0 Å². The third kappa shape index (κ3) is 4.33. The first-order valence-corrected chi connectivity index (χ1v) is 11.9. The van der Waals surface area contributed by atoms with E-state index >= 15 is 0 Å². The molecule has 5 heterocycles. The first kappa shape index (κ1) is 25.3. The average molecular weight is 552 g/mol. The summed E-state index contributed by atoms with van der Waals surface area (Å²) >= 11 is 2.21. The van der Waals surface area contributed by atoms with Crippen molar-refractivity contribution in [1.82, 2.24) is 29.2 Å². The van der Waals surface area contributed by atoms with Gasteiger partial charge in [0.2, 0.25) is 11.5 Å². The lowest BCUT2D eigenvalue weighted by Gasteiger charge is -2.50. The van der Waals surface area contributed by atoms with Crippen LogP contribution in [0.4, 0.5) is 5.13 Å². The number of hydrogen-bond acceptors (Lipinski definition) is 12. The summed E-state index contributed by atoms with van der Waals surface area (Å²) in [6.07, 6.45) is 5.16. The highest BCUT2D eigenvalue weighted by atomic mass is 35.5. The Morgan fingerprint density at radius 2 is 2.25 bits per heavy atom. The monoisotopic (exact) mass is 551 g/mol. The SMILES string of the molecule is CO/N=C(\C(=O)N[C@@H]1C(=O)N2C(C(=O)[O-])=C(C[n+]3ccn4ncccc43)CSC12)c1nsc(N)n1.Cl. The van der Waals surface area contributed by atoms with Gasteiger partial charge in [0.15, 0.2) is 11.3 Å². The molecule has 3 aromatic rings. The second kappa shape index (κ2) is 10.1. The zero-order valence-corrected chi connectivity index (χ0v) is 20.9. The molecule has 188 valence electrons. The van der Waals surface area contributed by atoms with Crippen LogP contribution in [0.25, 0.3) is 5.65 Å². The zero-order chi connectivity index (χ0) is 24.7. The number of aliphatic carboxylic acids is 1. The van der Waals surface area contributed by atoms with E-state index in [0.29, 0.717) is 11.3 Å². The molecule has 14 nitrogen and oxygen atoms in total. The van der Waals surface area contributed by atoms with Gasteiger partial charge in [-0.15, -0.1) is 28.7 Å². The van der Waals surface area contributed by atoms with Crippen LogP contribution in [-0.2, 0) is 25.8 Å². The quantitative estimate of drug-likeness (QED) is 0.143. The number of halogens is 1. The average Bonchev–Trinajstić information content (AvgIpc) is 3.46. The van der Waals surface area contributed by atoms with Crippen LogP contribution in [0.1, 0.15) is 5.82 Å². The molecule has 1 fully saturated rings. The summed E-state index contributed by atoms with van der Waals surface area (Å²) in [6, 6.07) is 2.64. The van der Waals surface area contributed by atoms with Crippen molar-refractivity contribution in [2.75, 3.05) is 18.6 Å². The largest absolute Gasteiger partial charge is 0.543 e. The van der Waals surface area contributed by atoms with E-state index in [4.69, 9.17) is 10.6 Å². The molecule has 2 atom stereocenters. The summed E-state index contributed by atoms with van der Waals surface area (Å²) in [6.45, 7) is 0.230. The number of aromatic nitrogens is 5. The minimum Gasteiger partial charge on any atom is -0.543 e. The van der Waals surface area contributed by atoms with Crippen molar-refractivity contribution < 1.29 is 28.9 Å². The van der Waals surface area contributed by atoms with Gasteiger partial charge < -0.3 is 25.8 Å². The van der Waals surface area contributed by atoms with Crippen molar-refractivity contribution in [3.63, 3.8) is 0 Å². The maximum Gasteiger partial charge on any atom is 0.307 e. The summed E-state index contributed by atoms with van der Waals surface area (Å²) in [5, 5.41) is 22.0. The Labute approximate surface area is 217 Å². The minimum absolute atomic E-state index is 0. The number of oxime groups is 1. The first-order chi connectivity index (χ1) is 16.9. The van der Waals surface area contributed by atoms with Gasteiger partial charge in [-0.25, -0.2) is 4.57 Å². The molecule has 0 aliphatic carbocycles. The highest BCUT2D eigenvalue weighted by Crippen LogP contribution is 2.40. The first-order valence-electron chi connectivity index (χ1n) is 10.1. The number of imidazole rings is 1. The van der Waals surface area contributed by atoms with Crippen LogP contribution < -0.4 is 20.7 Å². The Morgan fingerprint density at radius 1 is 1.44 bits per heavy atom. The summed E-state index contributed by atoms with van der Waals surface area (Å²) in [5.41, 5.74) is 6.39. The highest BCUT2D eigenvalue weighted by molar-refractivity contribution is 8.00. The predicted molar refractivity (Wildman–Crippen MR) is 128 cm³/mol. The van der Waals surface area contributed by atoms with E-state index in [2.05, 4.69) is 24.9 Å². The molecule has 17 heteroatoms. The third-order valence-electron chi connectivity index (χ3n) is 5.38. The Bertz CT molecular complexity index is 1420. The molecule has 5 rings (SSSR count). The van der Waals surface area contributed by atoms with E-state index in [1.54, 1.807) is 29.2 Å². The fraction of sp³-hybridized carbons (Fsp3) is 0.263. The van der Waals surface area contributed by atoms with Gasteiger partial charge in [0.05, 0.1) is 17.9 Å². The summed E-state index contributed by atoms with van der Waals surface area (Å²) in [5.74, 6) is -2.53. The molecule has 0 spiro atoms. The van der Waals surface area contributed by atoms with Crippen molar-refractivity contribution in [3.8, 4) is 0 Å². The van der Waals surface area contributed by atoms with Gasteiger partial charge in [-0.05, 0) is 6.07 Å². The molecule has 2 aliphatic heterocycles. The number of β-lactam (4-membered cyclic amide) rings is 1. The summed E-state index contributed by atoms with van der Waals surface area (Å²) < 4.78 is 7.43. The topological polar surface area (TPSA) is 184 Å². The second-order valence-electron chi connectivity index (χ2n) is 7.43. The van der Waals surface area contributed by atoms with Crippen molar-refractivity contribution in [2.45, 2.75) is 18.0 Å². The Morgan fingerprint density at radius 3 is 2.94 bits per heavy atom. The van der Waals surface area contributed by atoms with Crippen LogP contribution in [0, 0.1) is 0 Å². The molecule has 36 heavy (non-hydrogen) atoms. The fourth-order valence-electron chi connectivity index (χ4n) is 3.89. The molecule has 0 bridgehead atoms. The zero-order valence-electron chi connectivity index (χ0n) is 18.4. The number of nitrogens with two attached hydrogens (primary N) is 1. The van der Waals surface area contributed by atoms with Gasteiger partial charge in [0.1, 0.15) is 31.3 Å². The lowest BCUT2D eigenvalue weighted by molar-refractivity contribution is -0.662. The molecular formula is C19H18ClN9O5S2. The van der Waals surface area contributed by atoms with E-state index in [0.717, 1.165) is 22.1 Å². The van der Waals surface area contributed by atoms with E-state index < -0.39 is 29.2 Å². The number of carbonyl (C=O) groups is 3. The van der Waals surface area contributed by atoms with Gasteiger partial charge >= 0.3 is 5.65 Å². The van der Waals surface area contributed by atoms with Crippen LogP contribution >= 0.6 is 35.7 Å². The highest BCUT2D eigenvalue weighted by Gasteiger charge is 2.53. The third-order valence-corrected chi connectivity index (χ3v) is 7.26. The summed E-state index contributed by atoms with van der Waals surface area (Å²) in [7, 11) is 1.25. The van der Waals surface area contributed by atoms with Gasteiger partial charge in [-0.2, -0.15) is 9.36 Å². The second-order valence-corrected chi connectivity index (χ2v) is 9.32. The summed E-state index contributed by atoms with van der Waals surface area (Å²) in [4.78, 5) is 47.6. The Balaban J connectivity index is 0.00000304. The minimum atomic E-state index is -1.46. The number of nitrogens with zero attached hydrogens (tertiary/aromatic N) is 7. The maximum atomic E-state index is 13.0. The number of rotatable bonds is 7. The molecule has 0 radical (unpaired) electrons. The molecule has 1 unspecified atom stereocenters. The van der Waals surface area contributed by atoms with Crippen LogP contribution in [-0.4, -0.2) is 71.6 Å². The Kier molecular flexibility index (Phi) is 7.09. The predicted octanol–water partition coefficient (Wildman–Crippen LogP) is -2.07. The standard InChI is InChI=1S/C19H17N9O5S2.ClH/c1-33-24-11(14-23-19(20)35-25-14)15(29)22-12-16(30)28-13(18(31)32)9(8-34-17(12)28)7-26-5-6-27-10(26)3-2-4-21-27;/h2-6,12,17H,7-8H2,1H3,(H3-,20,22,23,25,29,31,32);1H/b24-11-;/t12-,17?;/m1./s1. The van der Waals surface area contributed by atoms with Crippen molar-refractivity contribution in [3.05, 3.63) is 47.8 Å². The van der Waals surface area contributed by atoms with Crippen molar-refractivity contribution >= 4 is 70.0 Å². The van der Waals surface area contributed by atoms with Gasteiger partial charge in [0.25, 0.3) is 11.8 Å². The molecule has 3 aromatic heterocycles. The van der Waals surface area contributed by atoms with Gasteiger partial charge in [-0.1, -0.05) is 10.3 Å². The van der Waals surface area contributed by atoms with E-state index in [-0.39, 0.29) is 41.3 Å². The number of nitrogens with one attached hydrogen (secondary N) is 1. The number of carbonyl (C=O) groups excluding carboxylic acids is 3. The number of anilines is 1. The van der Waals surface area contributed by atoms with Crippen LogP contribution in [0.3, 0.4) is 0 Å².